The molecule has 0 aliphatic heterocycles. The van der Waals surface area contributed by atoms with Crippen LogP contribution in [0.25, 0.3) is 22.8 Å². The minimum atomic E-state index is 0.212. The van der Waals surface area contributed by atoms with E-state index >= 15 is 0 Å². The maximum atomic E-state index is 9.27. The van der Waals surface area contributed by atoms with Gasteiger partial charge in [0.05, 0.1) is 0 Å². The van der Waals surface area contributed by atoms with Crippen molar-refractivity contribution in [1.29, 1.82) is 0 Å². The molecule has 0 fully saturated rings. The average Bonchev–Trinajstić information content (AvgIpc) is 2.98. The number of hydrogen-bond donors (Lipinski definition) is 1. The van der Waals surface area contributed by atoms with Gasteiger partial charge in [0.1, 0.15) is 5.75 Å². The molecular formula is C16H14N2O2. The lowest BCUT2D eigenvalue weighted by atomic mass is 10.1. The summed E-state index contributed by atoms with van der Waals surface area (Å²) in [5.74, 6) is 1.22. The maximum Gasteiger partial charge on any atom is 0.258 e. The van der Waals surface area contributed by atoms with Gasteiger partial charge in [0, 0.05) is 11.1 Å². The van der Waals surface area contributed by atoms with Crippen molar-refractivity contribution < 1.29 is 9.63 Å². The Morgan fingerprint density at radius 3 is 2.25 bits per heavy atom. The van der Waals surface area contributed by atoms with E-state index in [9.17, 15) is 5.11 Å². The van der Waals surface area contributed by atoms with Crippen LogP contribution in [0.4, 0.5) is 0 Å². The second-order valence-electron chi connectivity index (χ2n) is 4.52. The average molecular weight is 266 g/mol. The lowest BCUT2D eigenvalue weighted by Gasteiger charge is -1.97. The highest BCUT2D eigenvalue weighted by molar-refractivity contribution is 5.60. The molecule has 100 valence electrons. The molecule has 1 aromatic heterocycles. The molecule has 0 saturated heterocycles. The van der Waals surface area contributed by atoms with E-state index < -0.39 is 0 Å². The predicted molar refractivity (Wildman–Crippen MR) is 76.2 cm³/mol. The van der Waals surface area contributed by atoms with Crippen LogP contribution in [0, 0.1) is 0 Å². The van der Waals surface area contributed by atoms with E-state index in [0.717, 1.165) is 17.5 Å². The van der Waals surface area contributed by atoms with Crippen molar-refractivity contribution in [2.75, 3.05) is 0 Å². The summed E-state index contributed by atoms with van der Waals surface area (Å²) in [5.41, 5.74) is 2.98. The van der Waals surface area contributed by atoms with Gasteiger partial charge < -0.3 is 9.63 Å². The number of phenolic OH excluding ortho intramolecular Hbond substituents is 1. The van der Waals surface area contributed by atoms with Gasteiger partial charge in [0.2, 0.25) is 5.82 Å². The fraction of sp³-hybridized carbons (Fsp3) is 0.125. The molecular weight excluding hydrogens is 252 g/mol. The van der Waals surface area contributed by atoms with Crippen LogP contribution in [0.1, 0.15) is 12.5 Å². The first-order valence-corrected chi connectivity index (χ1v) is 6.48. The van der Waals surface area contributed by atoms with E-state index in [4.69, 9.17) is 4.52 Å². The van der Waals surface area contributed by atoms with Gasteiger partial charge in [0.15, 0.2) is 0 Å². The van der Waals surface area contributed by atoms with Crippen LogP contribution in [0.5, 0.6) is 5.75 Å². The van der Waals surface area contributed by atoms with Gasteiger partial charge >= 0.3 is 0 Å². The summed E-state index contributed by atoms with van der Waals surface area (Å²) in [6.07, 6.45) is 1.01. The van der Waals surface area contributed by atoms with Crippen LogP contribution < -0.4 is 0 Å². The zero-order chi connectivity index (χ0) is 13.9. The molecule has 0 amide bonds. The molecule has 0 spiro atoms. The van der Waals surface area contributed by atoms with Crippen LogP contribution >= 0.6 is 0 Å². The lowest BCUT2D eigenvalue weighted by Crippen LogP contribution is -1.83. The molecule has 3 aromatic rings. The number of benzene rings is 2. The molecule has 0 radical (unpaired) electrons. The fourth-order valence-electron chi connectivity index (χ4n) is 1.95. The Kier molecular flexibility index (Phi) is 3.21. The monoisotopic (exact) mass is 266 g/mol. The highest BCUT2D eigenvalue weighted by Crippen LogP contribution is 2.23. The molecule has 0 atom stereocenters. The molecule has 0 aliphatic rings. The van der Waals surface area contributed by atoms with E-state index in [0.29, 0.717) is 11.7 Å². The first-order valence-electron chi connectivity index (χ1n) is 6.48. The Labute approximate surface area is 116 Å². The zero-order valence-electron chi connectivity index (χ0n) is 11.1. The summed E-state index contributed by atoms with van der Waals surface area (Å²) in [6.45, 7) is 2.12. The van der Waals surface area contributed by atoms with E-state index in [1.54, 1.807) is 24.3 Å². The molecule has 3 rings (SSSR count). The maximum absolute atomic E-state index is 9.27. The number of hydrogen-bond acceptors (Lipinski definition) is 4. The number of rotatable bonds is 3. The van der Waals surface area contributed by atoms with Gasteiger partial charge in [-0.15, -0.1) is 0 Å². The number of phenols is 1. The molecule has 0 aliphatic carbocycles. The van der Waals surface area contributed by atoms with Crippen LogP contribution in [0.3, 0.4) is 0 Å². The van der Waals surface area contributed by atoms with Crippen LogP contribution in [0.15, 0.2) is 53.1 Å². The Morgan fingerprint density at radius 1 is 0.950 bits per heavy atom. The quantitative estimate of drug-likeness (QED) is 0.785. The molecule has 20 heavy (non-hydrogen) atoms. The third-order valence-electron chi connectivity index (χ3n) is 3.16. The van der Waals surface area contributed by atoms with Crippen molar-refractivity contribution in [3.63, 3.8) is 0 Å². The zero-order valence-corrected chi connectivity index (χ0v) is 11.1. The molecule has 2 aromatic carbocycles. The van der Waals surface area contributed by atoms with E-state index in [1.165, 1.54) is 5.56 Å². The van der Waals surface area contributed by atoms with Crippen molar-refractivity contribution in [1.82, 2.24) is 10.1 Å². The van der Waals surface area contributed by atoms with Crippen molar-refractivity contribution in [3.8, 4) is 28.6 Å². The second-order valence-corrected chi connectivity index (χ2v) is 4.52. The van der Waals surface area contributed by atoms with Crippen LogP contribution in [-0.4, -0.2) is 15.2 Å². The standard InChI is InChI=1S/C16H14N2O2/c1-2-11-3-5-12(6-4-11)15-17-16(20-18-15)13-7-9-14(19)10-8-13/h3-10,19H,2H2,1H3. The molecule has 4 heteroatoms. The highest BCUT2D eigenvalue weighted by atomic mass is 16.5. The van der Waals surface area contributed by atoms with E-state index in [-0.39, 0.29) is 5.75 Å². The first kappa shape index (κ1) is 12.4. The third-order valence-corrected chi connectivity index (χ3v) is 3.16. The largest absolute Gasteiger partial charge is 0.508 e. The van der Waals surface area contributed by atoms with Crippen molar-refractivity contribution in [3.05, 3.63) is 54.1 Å². The molecule has 1 N–H and O–H groups in total. The normalized spacial score (nSPS) is 10.7. The Hall–Kier alpha value is -2.62. The van der Waals surface area contributed by atoms with Gasteiger partial charge in [0.25, 0.3) is 5.89 Å². The number of aryl methyl sites for hydroxylation is 1. The smallest absolute Gasteiger partial charge is 0.258 e. The van der Waals surface area contributed by atoms with Gasteiger partial charge in [-0.05, 0) is 36.2 Å². The van der Waals surface area contributed by atoms with E-state index in [1.807, 2.05) is 12.1 Å². The Balaban J connectivity index is 1.91. The Bertz CT molecular complexity index is 700. The van der Waals surface area contributed by atoms with Crippen LogP contribution in [0.2, 0.25) is 0 Å². The second kappa shape index (κ2) is 5.17. The summed E-state index contributed by atoms with van der Waals surface area (Å²) in [6, 6.07) is 14.8. The minimum absolute atomic E-state index is 0.212. The Morgan fingerprint density at radius 2 is 1.60 bits per heavy atom. The van der Waals surface area contributed by atoms with Gasteiger partial charge in [-0.3, -0.25) is 0 Å². The SMILES string of the molecule is CCc1ccc(-c2noc(-c3ccc(O)cc3)n2)cc1. The highest BCUT2D eigenvalue weighted by Gasteiger charge is 2.10. The van der Waals surface area contributed by atoms with Gasteiger partial charge in [-0.25, -0.2) is 0 Å². The van der Waals surface area contributed by atoms with Gasteiger partial charge in [-0.2, -0.15) is 4.98 Å². The van der Waals surface area contributed by atoms with Crippen LogP contribution in [-0.2, 0) is 6.42 Å². The van der Waals surface area contributed by atoms with E-state index in [2.05, 4.69) is 29.2 Å². The molecule has 0 bridgehead atoms. The number of aromatic nitrogens is 2. The summed E-state index contributed by atoms with van der Waals surface area (Å²) in [7, 11) is 0. The topological polar surface area (TPSA) is 59.2 Å². The van der Waals surface area contributed by atoms with Crippen molar-refractivity contribution in [2.45, 2.75) is 13.3 Å². The molecule has 1 heterocycles. The number of aromatic hydroxyl groups is 1. The molecule has 0 saturated carbocycles. The number of nitrogens with zero attached hydrogens (tertiary/aromatic N) is 2. The summed E-state index contributed by atoms with van der Waals surface area (Å²) in [5, 5.41) is 13.3. The van der Waals surface area contributed by atoms with Gasteiger partial charge in [-0.1, -0.05) is 36.3 Å². The summed E-state index contributed by atoms with van der Waals surface area (Å²) < 4.78 is 5.26. The molecule has 4 nitrogen and oxygen atoms in total. The predicted octanol–water partition coefficient (Wildman–Crippen LogP) is 3.67. The minimum Gasteiger partial charge on any atom is -0.508 e. The summed E-state index contributed by atoms with van der Waals surface area (Å²) in [4.78, 5) is 4.38. The molecule has 0 unspecified atom stereocenters. The lowest BCUT2D eigenvalue weighted by molar-refractivity contribution is 0.432. The first-order chi connectivity index (χ1) is 9.76. The summed E-state index contributed by atoms with van der Waals surface area (Å²) >= 11 is 0. The van der Waals surface area contributed by atoms with Crippen molar-refractivity contribution in [2.24, 2.45) is 0 Å². The third kappa shape index (κ3) is 2.40. The van der Waals surface area contributed by atoms with Crippen molar-refractivity contribution >= 4 is 0 Å². The fourth-order valence-corrected chi connectivity index (χ4v) is 1.95.